The van der Waals surface area contributed by atoms with Crippen molar-refractivity contribution in [1.82, 2.24) is 14.3 Å². The Bertz CT molecular complexity index is 2790. The van der Waals surface area contributed by atoms with Crippen LogP contribution in [0.25, 0.3) is 55.6 Å². The van der Waals surface area contributed by atoms with Gasteiger partial charge in [0.2, 0.25) is 5.82 Å². The molecule has 0 saturated heterocycles. The molecule has 1 aliphatic heterocycles. The molecule has 0 aliphatic carbocycles. The molecule has 0 radical (unpaired) electrons. The Labute approximate surface area is 314 Å². The molecule has 8 aromatic rings. The van der Waals surface area contributed by atoms with Gasteiger partial charge in [0.1, 0.15) is 5.69 Å². The van der Waals surface area contributed by atoms with Gasteiger partial charge in [-0.15, -0.1) is 0 Å². The Balaban J connectivity index is 1.31. The SMILES string of the molecule is CN1CN(c2cccc(-n3c4ccccc4c4ccc(-n5nc(-c6ccccc6)c(-c6c(F)c(F)c(F)c(F)c6F)c5C(C)(C)C)cc43)c2)c2ccccc21. The smallest absolute Gasteiger partial charge is 0.200 e. The summed E-state index contributed by atoms with van der Waals surface area (Å²) in [7, 11) is 2.07. The number of benzene rings is 6. The van der Waals surface area contributed by atoms with Crippen LogP contribution < -0.4 is 9.80 Å². The minimum Gasteiger partial charge on any atom is -0.355 e. The zero-order valence-corrected chi connectivity index (χ0v) is 30.4. The van der Waals surface area contributed by atoms with E-state index in [4.69, 9.17) is 5.10 Å². The third-order valence-electron chi connectivity index (χ3n) is 10.3. The molecule has 1 aliphatic rings. The first-order valence-electron chi connectivity index (χ1n) is 17.9. The Morgan fingerprint density at radius 1 is 0.545 bits per heavy atom. The van der Waals surface area contributed by atoms with Crippen LogP contribution in [0.3, 0.4) is 0 Å². The molecule has 274 valence electrons. The topological polar surface area (TPSA) is 29.2 Å². The summed E-state index contributed by atoms with van der Waals surface area (Å²) in [5.41, 5.74) is 5.24. The minimum absolute atomic E-state index is 0.0814. The highest BCUT2D eigenvalue weighted by Gasteiger charge is 2.36. The number of rotatable bonds is 5. The normalized spacial score (nSPS) is 13.0. The van der Waals surface area contributed by atoms with Gasteiger partial charge in [-0.25, -0.2) is 26.6 Å². The highest BCUT2D eigenvalue weighted by molar-refractivity contribution is 6.10. The van der Waals surface area contributed by atoms with Crippen LogP contribution >= 0.6 is 0 Å². The summed E-state index contributed by atoms with van der Waals surface area (Å²) < 4.78 is 79.5. The molecule has 0 atom stereocenters. The van der Waals surface area contributed by atoms with Gasteiger partial charge in [0.05, 0.1) is 46.0 Å². The molecule has 0 amide bonds. The van der Waals surface area contributed by atoms with Gasteiger partial charge in [0, 0.05) is 45.7 Å². The molecule has 6 aromatic carbocycles. The maximum atomic E-state index is 15.8. The predicted octanol–water partition coefficient (Wildman–Crippen LogP) is 11.8. The lowest BCUT2D eigenvalue weighted by molar-refractivity contribution is 0.381. The number of hydrogen-bond donors (Lipinski definition) is 0. The fourth-order valence-corrected chi connectivity index (χ4v) is 7.93. The molecular weight excluding hydrogens is 706 g/mol. The van der Waals surface area contributed by atoms with E-state index in [9.17, 15) is 13.2 Å². The van der Waals surface area contributed by atoms with E-state index in [0.717, 1.165) is 44.6 Å². The summed E-state index contributed by atoms with van der Waals surface area (Å²) in [5.74, 6) is -10.1. The van der Waals surface area contributed by atoms with Gasteiger partial charge in [-0.2, -0.15) is 5.10 Å². The first kappa shape index (κ1) is 34.4. The molecular formula is C45H34F5N5. The standard InChI is InChI=1S/C45H34F5N5/c1-45(2,3)44-37(36-38(46)40(48)42(50)41(49)39(36)47)43(26-13-6-5-7-14-26)51-55(44)29-21-22-31-30-17-8-9-18-32(30)54(35(31)24-29)28-16-12-15-27(23-28)53-25-52(4)33-19-10-11-20-34(33)53/h5-24H,25H2,1-4H3. The Morgan fingerprint density at radius 3 is 1.89 bits per heavy atom. The van der Waals surface area contributed by atoms with Crippen molar-refractivity contribution in [3.05, 3.63) is 156 Å². The van der Waals surface area contributed by atoms with Crippen molar-refractivity contribution in [2.24, 2.45) is 0 Å². The molecule has 0 spiro atoms. The molecule has 0 unspecified atom stereocenters. The van der Waals surface area contributed by atoms with Gasteiger partial charge >= 0.3 is 0 Å². The van der Waals surface area contributed by atoms with Crippen LogP contribution in [0.1, 0.15) is 26.5 Å². The number of halogens is 5. The fraction of sp³-hybridized carbons (Fsp3) is 0.133. The summed E-state index contributed by atoms with van der Waals surface area (Å²) in [5, 5.41) is 6.92. The second-order valence-corrected chi connectivity index (χ2v) is 14.9. The van der Waals surface area contributed by atoms with Gasteiger partial charge in [0.15, 0.2) is 23.3 Å². The Hall–Kier alpha value is -6.42. The van der Waals surface area contributed by atoms with Crippen LogP contribution in [0.4, 0.5) is 39.0 Å². The van der Waals surface area contributed by atoms with Crippen LogP contribution in [0.15, 0.2) is 121 Å². The van der Waals surface area contributed by atoms with E-state index in [1.165, 1.54) is 0 Å². The quantitative estimate of drug-likeness (QED) is 0.1000. The number of aromatic nitrogens is 3. The van der Waals surface area contributed by atoms with E-state index < -0.39 is 40.1 Å². The molecule has 55 heavy (non-hydrogen) atoms. The lowest BCUT2D eigenvalue weighted by Gasteiger charge is -2.23. The summed E-state index contributed by atoms with van der Waals surface area (Å²) in [6, 6.07) is 39.1. The lowest BCUT2D eigenvalue weighted by Crippen LogP contribution is -2.24. The van der Waals surface area contributed by atoms with E-state index in [2.05, 4.69) is 63.9 Å². The molecule has 5 nitrogen and oxygen atoms in total. The molecule has 0 N–H and O–H groups in total. The Kier molecular flexibility index (Phi) is 7.86. The monoisotopic (exact) mass is 739 g/mol. The van der Waals surface area contributed by atoms with E-state index in [0.29, 0.717) is 17.9 Å². The average Bonchev–Trinajstić information content (AvgIpc) is 3.87. The van der Waals surface area contributed by atoms with E-state index in [1.54, 1.807) is 35.0 Å². The first-order chi connectivity index (χ1) is 26.4. The minimum atomic E-state index is -2.21. The van der Waals surface area contributed by atoms with E-state index in [1.807, 2.05) is 69.3 Å². The summed E-state index contributed by atoms with van der Waals surface area (Å²) >= 11 is 0. The molecule has 0 bridgehead atoms. The van der Waals surface area contributed by atoms with E-state index in [-0.39, 0.29) is 17.0 Å². The number of para-hydroxylation sites is 3. The van der Waals surface area contributed by atoms with Crippen LogP contribution in [0.2, 0.25) is 0 Å². The fourth-order valence-electron chi connectivity index (χ4n) is 7.93. The molecule has 0 saturated carbocycles. The van der Waals surface area contributed by atoms with Crippen molar-refractivity contribution < 1.29 is 22.0 Å². The molecule has 10 heteroatoms. The number of fused-ring (bicyclic) bond motifs is 4. The van der Waals surface area contributed by atoms with Gasteiger partial charge in [-0.05, 0) is 48.5 Å². The third-order valence-corrected chi connectivity index (χ3v) is 10.3. The average molecular weight is 740 g/mol. The first-order valence-corrected chi connectivity index (χ1v) is 17.9. The van der Waals surface area contributed by atoms with Crippen molar-refractivity contribution >= 4 is 38.9 Å². The second kappa shape index (κ2) is 12.6. The van der Waals surface area contributed by atoms with Crippen LogP contribution in [-0.2, 0) is 5.41 Å². The van der Waals surface area contributed by atoms with Gasteiger partial charge in [-0.3, -0.25) is 0 Å². The summed E-state index contributed by atoms with van der Waals surface area (Å²) in [6.45, 7) is 6.14. The van der Waals surface area contributed by atoms with E-state index >= 15 is 8.78 Å². The highest BCUT2D eigenvalue weighted by Crippen LogP contribution is 2.46. The van der Waals surface area contributed by atoms with Gasteiger partial charge < -0.3 is 14.4 Å². The second-order valence-electron chi connectivity index (χ2n) is 14.9. The predicted molar refractivity (Wildman–Crippen MR) is 209 cm³/mol. The van der Waals surface area contributed by atoms with Crippen molar-refractivity contribution in [3.8, 4) is 33.8 Å². The molecule has 9 rings (SSSR count). The molecule has 3 heterocycles. The van der Waals surface area contributed by atoms with Crippen LogP contribution in [0, 0.1) is 29.1 Å². The van der Waals surface area contributed by atoms with Crippen molar-refractivity contribution in [3.63, 3.8) is 0 Å². The van der Waals surface area contributed by atoms with Crippen LogP contribution in [0.5, 0.6) is 0 Å². The number of anilines is 3. The van der Waals surface area contributed by atoms with Crippen LogP contribution in [-0.4, -0.2) is 28.1 Å². The largest absolute Gasteiger partial charge is 0.355 e. The van der Waals surface area contributed by atoms with Crippen molar-refractivity contribution in [1.29, 1.82) is 0 Å². The molecule has 2 aromatic heterocycles. The zero-order chi connectivity index (χ0) is 38.3. The van der Waals surface area contributed by atoms with Crippen molar-refractivity contribution in [2.45, 2.75) is 26.2 Å². The third kappa shape index (κ3) is 5.30. The Morgan fingerprint density at radius 2 is 1.16 bits per heavy atom. The lowest BCUT2D eigenvalue weighted by atomic mass is 9.84. The van der Waals surface area contributed by atoms with Crippen molar-refractivity contribution in [2.75, 3.05) is 23.5 Å². The molecule has 0 fully saturated rings. The van der Waals surface area contributed by atoms with Gasteiger partial charge in [0.25, 0.3) is 0 Å². The maximum absolute atomic E-state index is 15.8. The maximum Gasteiger partial charge on any atom is 0.200 e. The zero-order valence-electron chi connectivity index (χ0n) is 30.4. The number of nitrogens with zero attached hydrogens (tertiary/aromatic N) is 5. The summed E-state index contributed by atoms with van der Waals surface area (Å²) in [4.78, 5) is 4.47. The van der Waals surface area contributed by atoms with Gasteiger partial charge in [-0.1, -0.05) is 93.6 Å². The summed E-state index contributed by atoms with van der Waals surface area (Å²) in [6.07, 6.45) is 0. The number of hydrogen-bond acceptors (Lipinski definition) is 3. The highest BCUT2D eigenvalue weighted by atomic mass is 19.2.